The van der Waals surface area contributed by atoms with Crippen molar-refractivity contribution in [3.8, 4) is 0 Å². The number of aromatic amines is 1. The van der Waals surface area contributed by atoms with Crippen molar-refractivity contribution in [2.45, 2.75) is 96.2 Å². The van der Waals surface area contributed by atoms with E-state index in [0.717, 1.165) is 37.7 Å². The van der Waals surface area contributed by atoms with Crippen molar-refractivity contribution in [3.05, 3.63) is 23.5 Å². The van der Waals surface area contributed by atoms with Crippen LogP contribution in [0.2, 0.25) is 0 Å². The summed E-state index contributed by atoms with van der Waals surface area (Å²) in [7, 11) is 0. The summed E-state index contributed by atoms with van der Waals surface area (Å²) in [5.74, 6) is 0.152. The van der Waals surface area contributed by atoms with Crippen molar-refractivity contribution in [2.75, 3.05) is 6.61 Å². The van der Waals surface area contributed by atoms with Gasteiger partial charge in [0, 0.05) is 12.1 Å². The molecule has 1 fully saturated rings. The van der Waals surface area contributed by atoms with E-state index in [1.165, 1.54) is 44.9 Å². The van der Waals surface area contributed by atoms with Gasteiger partial charge < -0.3 is 20.2 Å². The Morgan fingerprint density at radius 3 is 2.60 bits per heavy atom. The van der Waals surface area contributed by atoms with E-state index < -0.39 is 0 Å². The number of nitrogens with one attached hydrogen (secondary N) is 2. The maximum Gasteiger partial charge on any atom is 0.305 e. The van der Waals surface area contributed by atoms with Gasteiger partial charge in [0.15, 0.2) is 0 Å². The Balaban J connectivity index is 1.55. The first-order valence-corrected chi connectivity index (χ1v) is 11.5. The molecule has 7 nitrogen and oxygen atoms in total. The molecular formula is C23H38N4O3. The number of nitrogens with zero attached hydrogens (tertiary/aromatic N) is 1. The predicted octanol–water partition coefficient (Wildman–Crippen LogP) is 5.01. The number of H-pyrrole nitrogens is 1. The molecule has 4 N–H and O–H groups in total. The molecule has 0 saturated carbocycles. The van der Waals surface area contributed by atoms with Crippen LogP contribution in [-0.2, 0) is 14.3 Å². The average Bonchev–Trinajstić information content (AvgIpc) is 3.41. The first kappa shape index (κ1) is 24.1. The van der Waals surface area contributed by atoms with Crippen molar-refractivity contribution in [1.82, 2.24) is 4.98 Å². The number of aromatic nitrogens is 1. The minimum Gasteiger partial charge on any atom is -0.463 e. The van der Waals surface area contributed by atoms with Crippen LogP contribution >= 0.6 is 0 Å². The minimum absolute atomic E-state index is 0.0624. The normalized spacial score (nSPS) is 19.2. The summed E-state index contributed by atoms with van der Waals surface area (Å²) in [4.78, 5) is 18.9. The van der Waals surface area contributed by atoms with Gasteiger partial charge in [0.1, 0.15) is 18.8 Å². The lowest BCUT2D eigenvalue weighted by Gasteiger charge is -2.13. The predicted molar refractivity (Wildman–Crippen MR) is 120 cm³/mol. The topological polar surface area (TPSA) is 114 Å². The molecule has 2 rings (SSSR count). The van der Waals surface area contributed by atoms with Crippen LogP contribution in [0.25, 0.3) is 0 Å². The SMILES string of the molecule is CCCCCCCCCCCC(=O)OCC1CCC(c2ccc(C(N)=NC=N)[nH]2)O1. The number of nitrogens with two attached hydrogens (primary N) is 1. The molecule has 168 valence electrons. The number of rotatable bonds is 15. The monoisotopic (exact) mass is 418 g/mol. The van der Waals surface area contributed by atoms with Crippen LogP contribution in [0.1, 0.15) is 101 Å². The minimum atomic E-state index is -0.122. The molecular weight excluding hydrogens is 380 g/mol. The fraction of sp³-hybridized carbons (Fsp3) is 0.696. The first-order chi connectivity index (χ1) is 14.6. The Hall–Kier alpha value is -2.15. The van der Waals surface area contributed by atoms with Crippen LogP contribution in [0.4, 0.5) is 0 Å². The second kappa shape index (κ2) is 14.0. The van der Waals surface area contributed by atoms with E-state index in [4.69, 9.17) is 20.6 Å². The lowest BCUT2D eigenvalue weighted by Crippen LogP contribution is -2.18. The molecule has 0 aliphatic carbocycles. The van der Waals surface area contributed by atoms with Crippen molar-refractivity contribution < 1.29 is 14.3 Å². The van der Waals surface area contributed by atoms with E-state index >= 15 is 0 Å². The molecule has 7 heteroatoms. The Morgan fingerprint density at radius 2 is 1.90 bits per heavy atom. The summed E-state index contributed by atoms with van der Waals surface area (Å²) in [5.41, 5.74) is 7.39. The summed E-state index contributed by atoms with van der Waals surface area (Å²) in [5, 5.41) is 6.99. The van der Waals surface area contributed by atoms with E-state index in [9.17, 15) is 4.79 Å². The molecule has 0 spiro atoms. The smallest absolute Gasteiger partial charge is 0.305 e. The third-order valence-electron chi connectivity index (χ3n) is 5.56. The number of carbonyl (C=O) groups is 1. The summed E-state index contributed by atoms with van der Waals surface area (Å²) in [6, 6.07) is 3.75. The van der Waals surface area contributed by atoms with Gasteiger partial charge in [-0.05, 0) is 31.4 Å². The molecule has 1 aliphatic rings. The second-order valence-corrected chi connectivity index (χ2v) is 8.06. The summed E-state index contributed by atoms with van der Waals surface area (Å²) >= 11 is 0. The fourth-order valence-electron chi connectivity index (χ4n) is 3.78. The third kappa shape index (κ3) is 8.69. The van der Waals surface area contributed by atoms with Crippen LogP contribution in [0, 0.1) is 5.41 Å². The van der Waals surface area contributed by atoms with Crippen molar-refractivity contribution in [1.29, 1.82) is 5.41 Å². The molecule has 1 aromatic rings. The lowest BCUT2D eigenvalue weighted by molar-refractivity contribution is -0.147. The third-order valence-corrected chi connectivity index (χ3v) is 5.56. The molecule has 0 radical (unpaired) electrons. The van der Waals surface area contributed by atoms with Gasteiger partial charge in [0.25, 0.3) is 0 Å². The van der Waals surface area contributed by atoms with Crippen LogP contribution < -0.4 is 5.73 Å². The van der Waals surface area contributed by atoms with Gasteiger partial charge in [-0.15, -0.1) is 0 Å². The molecule has 0 amide bonds. The maximum atomic E-state index is 12.0. The zero-order chi connectivity index (χ0) is 21.6. The Kier molecular flexibility index (Phi) is 11.2. The number of esters is 1. The van der Waals surface area contributed by atoms with Crippen molar-refractivity contribution >= 4 is 18.1 Å². The highest BCUT2D eigenvalue weighted by atomic mass is 16.6. The number of carbonyl (C=O) groups excluding carboxylic acids is 1. The van der Waals surface area contributed by atoms with Gasteiger partial charge in [0.2, 0.25) is 0 Å². The van der Waals surface area contributed by atoms with Gasteiger partial charge >= 0.3 is 5.97 Å². The van der Waals surface area contributed by atoms with Gasteiger partial charge in [-0.25, -0.2) is 4.99 Å². The van der Waals surface area contributed by atoms with E-state index in [-0.39, 0.29) is 24.0 Å². The Bertz CT molecular complexity index is 671. The highest BCUT2D eigenvalue weighted by molar-refractivity contribution is 5.99. The standard InChI is InChI=1S/C23H38N4O3/c1-2-3-4-5-6-7-8-9-10-11-22(28)29-16-18-12-15-21(30-18)19-13-14-20(27-19)23(25)26-17-24/h13-14,17-18,21,27H,2-12,15-16H2,1H3,(H3,24,25,26). The molecule has 2 atom stereocenters. The molecule has 0 aromatic carbocycles. The van der Waals surface area contributed by atoms with Gasteiger partial charge in [-0.1, -0.05) is 58.3 Å². The Morgan fingerprint density at radius 1 is 1.20 bits per heavy atom. The molecule has 1 saturated heterocycles. The fourth-order valence-corrected chi connectivity index (χ4v) is 3.78. The maximum absolute atomic E-state index is 12.0. The average molecular weight is 419 g/mol. The number of aliphatic imine (C=N–C) groups is 1. The molecule has 1 aliphatic heterocycles. The van der Waals surface area contributed by atoms with Gasteiger partial charge in [-0.3, -0.25) is 10.2 Å². The van der Waals surface area contributed by atoms with Gasteiger partial charge in [-0.2, -0.15) is 0 Å². The van der Waals surface area contributed by atoms with Crippen LogP contribution in [0.5, 0.6) is 0 Å². The zero-order valence-corrected chi connectivity index (χ0v) is 18.3. The molecule has 1 aromatic heterocycles. The number of hydrogen-bond donors (Lipinski definition) is 3. The molecule has 2 heterocycles. The zero-order valence-electron chi connectivity index (χ0n) is 18.3. The number of amidine groups is 1. The molecule has 0 bridgehead atoms. The first-order valence-electron chi connectivity index (χ1n) is 11.5. The lowest BCUT2D eigenvalue weighted by atomic mass is 10.1. The van der Waals surface area contributed by atoms with Crippen molar-refractivity contribution in [2.24, 2.45) is 10.7 Å². The number of hydrogen-bond acceptors (Lipinski definition) is 4. The van der Waals surface area contributed by atoms with E-state index in [0.29, 0.717) is 18.7 Å². The highest BCUT2D eigenvalue weighted by Gasteiger charge is 2.28. The summed E-state index contributed by atoms with van der Waals surface area (Å²) in [6.45, 7) is 2.56. The molecule has 30 heavy (non-hydrogen) atoms. The second-order valence-electron chi connectivity index (χ2n) is 8.06. The van der Waals surface area contributed by atoms with Crippen molar-refractivity contribution in [3.63, 3.8) is 0 Å². The van der Waals surface area contributed by atoms with Crippen LogP contribution in [-0.4, -0.2) is 35.8 Å². The molecule has 2 unspecified atom stereocenters. The highest BCUT2D eigenvalue weighted by Crippen LogP contribution is 2.32. The van der Waals surface area contributed by atoms with Gasteiger partial charge in [0.05, 0.1) is 17.9 Å². The van der Waals surface area contributed by atoms with E-state index in [1.807, 2.05) is 12.1 Å². The summed E-state index contributed by atoms with van der Waals surface area (Å²) in [6.07, 6.45) is 14.1. The van der Waals surface area contributed by atoms with E-state index in [2.05, 4.69) is 16.9 Å². The quantitative estimate of drug-likeness (QED) is 0.161. The number of unbranched alkanes of at least 4 members (excludes halogenated alkanes) is 8. The van der Waals surface area contributed by atoms with Crippen LogP contribution in [0.15, 0.2) is 17.1 Å². The van der Waals surface area contributed by atoms with E-state index in [1.54, 1.807) is 0 Å². The Labute approximate surface area is 180 Å². The summed E-state index contributed by atoms with van der Waals surface area (Å²) < 4.78 is 11.4. The largest absolute Gasteiger partial charge is 0.463 e. The number of ether oxygens (including phenoxy) is 2. The van der Waals surface area contributed by atoms with Crippen LogP contribution in [0.3, 0.4) is 0 Å².